The zero-order valence-electron chi connectivity index (χ0n) is 24.5. The van der Waals surface area contributed by atoms with Crippen LogP contribution in [-0.2, 0) is 11.2 Å². The van der Waals surface area contributed by atoms with Crippen LogP contribution in [0, 0.1) is 0 Å². The molecule has 0 amide bonds. The monoisotopic (exact) mass is 580 g/mol. The third-order valence-electron chi connectivity index (χ3n) is 6.24. The number of fused-ring (bicyclic) bond motifs is 1. The first-order chi connectivity index (χ1) is 19.1. The van der Waals surface area contributed by atoms with Gasteiger partial charge in [0.1, 0.15) is 6.29 Å². The van der Waals surface area contributed by atoms with Crippen LogP contribution in [-0.4, -0.2) is 64.0 Å². The third kappa shape index (κ3) is 10.7. The van der Waals surface area contributed by atoms with Gasteiger partial charge in [-0.2, -0.15) is 0 Å². The number of nitrogens with zero attached hydrogens (tertiary/aromatic N) is 2. The Morgan fingerprint density at radius 3 is 2.35 bits per heavy atom. The molecule has 4 N–H and O–H groups in total. The number of ether oxygens (including phenoxy) is 1. The lowest BCUT2D eigenvalue weighted by molar-refractivity contribution is 0.112. The Kier molecular flexibility index (Phi) is 14.3. The van der Waals surface area contributed by atoms with E-state index >= 15 is 0 Å². The Hall–Kier alpha value is -2.75. The van der Waals surface area contributed by atoms with Crippen molar-refractivity contribution in [2.75, 3.05) is 46.3 Å². The first kappa shape index (κ1) is 33.5. The Morgan fingerprint density at radius 1 is 1.10 bits per heavy atom. The number of allylic oxidation sites excluding steroid dienone is 1. The summed E-state index contributed by atoms with van der Waals surface area (Å²) in [6, 6.07) is 24.0. The van der Waals surface area contributed by atoms with Crippen LogP contribution in [0.25, 0.3) is 5.70 Å². The highest BCUT2D eigenvalue weighted by atomic mass is 32.2. The van der Waals surface area contributed by atoms with E-state index < -0.39 is 0 Å². The first-order valence-corrected chi connectivity index (χ1v) is 14.5. The molecule has 0 saturated carbocycles. The van der Waals surface area contributed by atoms with Crippen LogP contribution >= 0.6 is 24.4 Å². The van der Waals surface area contributed by atoms with Crippen molar-refractivity contribution in [1.82, 2.24) is 4.90 Å². The summed E-state index contributed by atoms with van der Waals surface area (Å²) >= 11 is 5.90. The lowest BCUT2D eigenvalue weighted by Crippen LogP contribution is -2.43. The highest BCUT2D eigenvalue weighted by Crippen LogP contribution is 2.43. The van der Waals surface area contributed by atoms with Gasteiger partial charge < -0.3 is 26.0 Å². The van der Waals surface area contributed by atoms with Crippen molar-refractivity contribution in [2.24, 2.45) is 11.5 Å². The van der Waals surface area contributed by atoms with Gasteiger partial charge in [-0.15, -0.1) is 12.6 Å². The van der Waals surface area contributed by atoms with E-state index in [4.69, 9.17) is 16.2 Å². The molecule has 0 saturated heterocycles. The molecular weight excluding hydrogens is 537 g/mol. The number of thioether (sulfide) groups is 1. The van der Waals surface area contributed by atoms with E-state index in [1.807, 2.05) is 45.8 Å². The summed E-state index contributed by atoms with van der Waals surface area (Å²) in [6.45, 7) is 5.91. The van der Waals surface area contributed by atoms with Crippen molar-refractivity contribution < 1.29 is 9.53 Å². The van der Waals surface area contributed by atoms with Gasteiger partial charge in [-0.25, -0.2) is 0 Å². The minimum Gasteiger partial charge on any atom is -0.398 e. The Bertz CT molecular complexity index is 1240. The molecule has 3 aromatic rings. The van der Waals surface area contributed by atoms with Crippen molar-refractivity contribution in [1.29, 1.82) is 0 Å². The summed E-state index contributed by atoms with van der Waals surface area (Å²) in [5.41, 5.74) is 19.0. The number of anilines is 1. The Morgan fingerprint density at radius 2 is 1.80 bits per heavy atom. The summed E-state index contributed by atoms with van der Waals surface area (Å²) in [7, 11) is 7.89. The van der Waals surface area contributed by atoms with E-state index in [0.717, 1.165) is 47.6 Å². The Labute approximate surface area is 250 Å². The van der Waals surface area contributed by atoms with Gasteiger partial charge >= 0.3 is 0 Å². The van der Waals surface area contributed by atoms with Crippen LogP contribution in [0.15, 0.2) is 88.2 Å². The molecule has 0 bridgehead atoms. The fourth-order valence-electron chi connectivity index (χ4n) is 3.97. The third-order valence-corrected chi connectivity index (χ3v) is 8.02. The standard InChI is InChI=1S/C20H25N3S.C7H6OS.C5H13NO/c1-13(2)19(22)15-8-6-7-14(11-15)12-16(21)20-23(3)17-9-4-5-10-18(17)24-20;8-5-6-2-1-3-7(9)4-6;1-6(2)4-5-7-3/h4-11,16,20H,12,21-22H2,1-3H3;1-5,9H;4-5H2,1-3H3. The molecule has 2 unspecified atom stereocenters. The minimum atomic E-state index is 0.0515. The summed E-state index contributed by atoms with van der Waals surface area (Å²) in [5, 5.41) is 0.256. The fourth-order valence-corrected chi connectivity index (χ4v) is 5.50. The molecule has 8 heteroatoms. The number of methoxy groups -OCH3 is 1. The quantitative estimate of drug-likeness (QED) is 0.229. The van der Waals surface area contributed by atoms with Crippen molar-refractivity contribution in [3.05, 3.63) is 95.1 Å². The number of aldehydes is 1. The number of nitrogens with two attached hydrogens (primary N) is 2. The normalized spacial score (nSPS) is 14.3. The van der Waals surface area contributed by atoms with Crippen LogP contribution < -0.4 is 16.4 Å². The fraction of sp³-hybridized carbons (Fsp3) is 0.344. The van der Waals surface area contributed by atoms with Crippen molar-refractivity contribution in [2.45, 2.75) is 41.5 Å². The van der Waals surface area contributed by atoms with Crippen LogP contribution in [0.5, 0.6) is 0 Å². The van der Waals surface area contributed by atoms with Gasteiger partial charge in [0.2, 0.25) is 0 Å². The minimum absolute atomic E-state index is 0.0515. The maximum absolute atomic E-state index is 10.1. The van der Waals surface area contributed by atoms with Crippen LogP contribution in [0.3, 0.4) is 0 Å². The summed E-state index contributed by atoms with van der Waals surface area (Å²) in [4.78, 5) is 16.6. The van der Waals surface area contributed by atoms with Crippen molar-refractivity contribution in [3.63, 3.8) is 0 Å². The number of likely N-dealkylation sites (N-methyl/N-ethyl adjacent to an activating group) is 2. The molecule has 1 aliphatic rings. The molecule has 40 heavy (non-hydrogen) atoms. The predicted molar refractivity (Wildman–Crippen MR) is 175 cm³/mol. The molecule has 0 fully saturated rings. The zero-order chi connectivity index (χ0) is 29.7. The molecule has 3 aromatic carbocycles. The van der Waals surface area contributed by atoms with E-state index in [-0.39, 0.29) is 11.4 Å². The van der Waals surface area contributed by atoms with E-state index in [2.05, 4.69) is 78.0 Å². The van der Waals surface area contributed by atoms with E-state index in [1.54, 1.807) is 25.3 Å². The number of carbonyl (C=O) groups excluding carboxylic acids is 1. The van der Waals surface area contributed by atoms with E-state index in [1.165, 1.54) is 16.1 Å². The van der Waals surface area contributed by atoms with Gasteiger partial charge in [0.05, 0.1) is 17.7 Å². The van der Waals surface area contributed by atoms with E-state index in [9.17, 15) is 4.79 Å². The molecule has 0 radical (unpaired) electrons. The maximum atomic E-state index is 10.1. The molecule has 216 valence electrons. The van der Waals surface area contributed by atoms with Crippen LogP contribution in [0.2, 0.25) is 0 Å². The van der Waals surface area contributed by atoms with Crippen molar-refractivity contribution >= 4 is 42.1 Å². The molecule has 2 atom stereocenters. The second-order valence-corrected chi connectivity index (χ2v) is 11.8. The topological polar surface area (TPSA) is 84.8 Å². The SMILES string of the molecule is CC(C)=C(N)c1cccc(CC(N)C2Sc3ccccc3N2C)c1.COCCN(C)C.O=Cc1cccc(S)c1. The Balaban J connectivity index is 0.000000287. The largest absolute Gasteiger partial charge is 0.398 e. The van der Waals surface area contributed by atoms with Crippen molar-refractivity contribution in [3.8, 4) is 0 Å². The molecule has 0 aromatic heterocycles. The second-order valence-electron chi connectivity index (χ2n) is 10.1. The molecule has 4 rings (SSSR count). The molecule has 1 aliphatic heterocycles. The van der Waals surface area contributed by atoms with Gasteiger partial charge in [0.25, 0.3) is 0 Å². The number of carbonyl (C=O) groups is 1. The first-order valence-electron chi connectivity index (χ1n) is 13.2. The average Bonchev–Trinajstić information content (AvgIpc) is 3.28. The summed E-state index contributed by atoms with van der Waals surface area (Å²) < 4.78 is 4.81. The van der Waals surface area contributed by atoms with Crippen LogP contribution in [0.1, 0.15) is 35.3 Å². The average molecular weight is 581 g/mol. The predicted octanol–water partition coefficient (Wildman–Crippen LogP) is 5.82. The maximum Gasteiger partial charge on any atom is 0.150 e. The number of benzene rings is 3. The number of thiol groups is 1. The number of para-hydroxylation sites is 1. The van der Waals surface area contributed by atoms with Gasteiger partial charge in [-0.05, 0) is 75.8 Å². The van der Waals surface area contributed by atoms with Gasteiger partial charge in [-0.3, -0.25) is 4.79 Å². The van der Waals surface area contributed by atoms with E-state index in [0.29, 0.717) is 5.56 Å². The molecular formula is C32H44N4O2S2. The lowest BCUT2D eigenvalue weighted by atomic mass is 10.0. The van der Waals surface area contributed by atoms with Gasteiger partial charge in [-0.1, -0.05) is 59.8 Å². The molecule has 0 spiro atoms. The molecule has 6 nitrogen and oxygen atoms in total. The highest BCUT2D eigenvalue weighted by Gasteiger charge is 2.31. The van der Waals surface area contributed by atoms with Crippen LogP contribution in [0.4, 0.5) is 5.69 Å². The number of hydrogen-bond donors (Lipinski definition) is 3. The highest BCUT2D eigenvalue weighted by molar-refractivity contribution is 8.00. The van der Waals surface area contributed by atoms with Gasteiger partial charge in [0, 0.05) is 47.8 Å². The summed E-state index contributed by atoms with van der Waals surface area (Å²) in [6.07, 6.45) is 1.64. The smallest absolute Gasteiger partial charge is 0.150 e. The lowest BCUT2D eigenvalue weighted by Gasteiger charge is -2.27. The number of hydrogen-bond acceptors (Lipinski definition) is 8. The molecule has 1 heterocycles. The summed E-state index contributed by atoms with van der Waals surface area (Å²) in [5.74, 6) is 0. The number of rotatable bonds is 8. The van der Waals surface area contributed by atoms with Gasteiger partial charge in [0.15, 0.2) is 0 Å². The zero-order valence-corrected chi connectivity index (χ0v) is 26.2. The second kappa shape index (κ2) is 17.1. The molecule has 0 aliphatic carbocycles.